The average molecular weight is 248 g/mol. The van der Waals surface area contributed by atoms with Gasteiger partial charge in [-0.2, -0.15) is 8.78 Å². The predicted molar refractivity (Wildman–Crippen MR) is 52.4 cm³/mol. The second kappa shape index (κ2) is 4.99. The predicted octanol–water partition coefficient (Wildman–Crippen LogP) is 3.21. The van der Waals surface area contributed by atoms with E-state index in [1.54, 1.807) is 6.07 Å². The molecule has 0 amide bonds. The van der Waals surface area contributed by atoms with Crippen LogP contribution in [-0.2, 0) is 0 Å². The summed E-state index contributed by atoms with van der Waals surface area (Å²) in [5.41, 5.74) is 0.0177. The lowest BCUT2D eigenvalue weighted by Crippen LogP contribution is -2.29. The van der Waals surface area contributed by atoms with Gasteiger partial charge >= 0.3 is 12.3 Å². The molecule has 0 spiro atoms. The second-order valence-corrected chi connectivity index (χ2v) is 3.18. The Morgan fingerprint density at radius 1 is 1.24 bits per heavy atom. The molecule has 0 aliphatic rings. The summed E-state index contributed by atoms with van der Waals surface area (Å²) in [5.74, 6) is -7.63. The first kappa shape index (κ1) is 13.2. The third-order valence-electron chi connectivity index (χ3n) is 1.94. The van der Waals surface area contributed by atoms with Crippen molar-refractivity contribution < 1.29 is 27.5 Å². The Bertz CT molecular complexity index is 426. The van der Waals surface area contributed by atoms with Crippen LogP contribution >= 0.6 is 0 Å². The molecule has 0 aliphatic heterocycles. The van der Waals surface area contributed by atoms with Crippen LogP contribution in [0.2, 0.25) is 0 Å². The first-order chi connectivity index (χ1) is 7.85. The summed E-state index contributed by atoms with van der Waals surface area (Å²) in [7, 11) is 0. The zero-order valence-corrected chi connectivity index (χ0v) is 8.41. The van der Waals surface area contributed by atoms with Crippen LogP contribution in [-0.4, -0.2) is 23.2 Å². The van der Waals surface area contributed by atoms with Crippen LogP contribution in [0.25, 0.3) is 0 Å². The topological polar surface area (TPSA) is 37.3 Å². The van der Waals surface area contributed by atoms with E-state index in [0.717, 1.165) is 0 Å². The molecule has 6 heteroatoms. The first-order valence-corrected chi connectivity index (χ1v) is 4.52. The molecule has 1 N–H and O–H groups in total. The molecule has 0 aromatic heterocycles. The fourth-order valence-corrected chi connectivity index (χ4v) is 1.02. The summed E-state index contributed by atoms with van der Waals surface area (Å²) in [6.07, 6.45) is -3.97. The molecular weight excluding hydrogens is 240 g/mol. The second-order valence-electron chi connectivity index (χ2n) is 3.18. The number of carbonyl (C=O) groups excluding carboxylic acids is 1. The number of halogens is 4. The zero-order chi connectivity index (χ0) is 13.1. The van der Waals surface area contributed by atoms with Crippen LogP contribution < -0.4 is 0 Å². The molecule has 17 heavy (non-hydrogen) atoms. The van der Waals surface area contributed by atoms with E-state index in [2.05, 4.69) is 0 Å². The van der Waals surface area contributed by atoms with Gasteiger partial charge in [-0.25, -0.2) is 8.78 Å². The van der Waals surface area contributed by atoms with Crippen LogP contribution in [0.1, 0.15) is 10.4 Å². The van der Waals surface area contributed by atoms with Gasteiger partial charge in [-0.15, -0.1) is 0 Å². The Kier molecular flexibility index (Phi) is 3.88. The Morgan fingerprint density at radius 3 is 2.24 bits per heavy atom. The normalized spacial score (nSPS) is 12.9. The van der Waals surface area contributed by atoms with Gasteiger partial charge < -0.3 is 5.11 Å². The van der Waals surface area contributed by atoms with E-state index in [-0.39, 0.29) is 11.6 Å². The quantitative estimate of drug-likeness (QED) is 0.384. The smallest absolute Gasteiger partial charge is 0.363 e. The van der Waals surface area contributed by atoms with Gasteiger partial charge in [0.25, 0.3) is 0 Å². The summed E-state index contributed by atoms with van der Waals surface area (Å²) in [5, 5.41) is 8.79. The van der Waals surface area contributed by atoms with E-state index in [0.29, 0.717) is 0 Å². The average Bonchev–Trinajstić information content (AvgIpc) is 2.29. The maximum absolute atomic E-state index is 12.6. The van der Waals surface area contributed by atoms with Gasteiger partial charge in [0.15, 0.2) is 11.5 Å². The highest BCUT2D eigenvalue weighted by molar-refractivity contribution is 6.04. The largest absolute Gasteiger partial charge is 0.506 e. The highest BCUT2D eigenvalue weighted by Gasteiger charge is 2.45. The lowest BCUT2D eigenvalue weighted by atomic mass is 10.1. The van der Waals surface area contributed by atoms with Gasteiger partial charge in [-0.1, -0.05) is 30.3 Å². The summed E-state index contributed by atoms with van der Waals surface area (Å²) in [6.45, 7) is 0. The molecule has 1 aromatic carbocycles. The Hall–Kier alpha value is -1.85. The molecule has 0 saturated heterocycles. The number of alkyl halides is 4. The number of hydrogen-bond donors (Lipinski definition) is 1. The molecule has 92 valence electrons. The number of hydrogen-bond acceptors (Lipinski definition) is 2. The van der Waals surface area contributed by atoms with Crippen molar-refractivity contribution in [2.45, 2.75) is 12.3 Å². The molecular formula is C11H8F4O2. The molecule has 0 atom stereocenters. The number of allylic oxidation sites excluding steroid dienone is 2. The van der Waals surface area contributed by atoms with Gasteiger partial charge in [-0.05, 0) is 0 Å². The van der Waals surface area contributed by atoms with Crippen molar-refractivity contribution in [3.05, 3.63) is 47.7 Å². The van der Waals surface area contributed by atoms with Gasteiger partial charge in [0.05, 0.1) is 0 Å². The number of aliphatic hydroxyl groups excluding tert-OH is 1. The Morgan fingerprint density at radius 2 is 1.76 bits per heavy atom. The van der Waals surface area contributed by atoms with Gasteiger partial charge in [0.2, 0.25) is 0 Å². The van der Waals surface area contributed by atoms with Crippen molar-refractivity contribution in [1.29, 1.82) is 0 Å². The molecule has 2 nitrogen and oxygen atoms in total. The molecule has 0 bridgehead atoms. The van der Waals surface area contributed by atoms with Gasteiger partial charge in [0, 0.05) is 11.6 Å². The fourth-order valence-electron chi connectivity index (χ4n) is 1.02. The van der Waals surface area contributed by atoms with E-state index in [9.17, 15) is 22.4 Å². The maximum Gasteiger partial charge on any atom is 0.363 e. The van der Waals surface area contributed by atoms with E-state index >= 15 is 0 Å². The lowest BCUT2D eigenvalue weighted by Gasteiger charge is -2.13. The monoisotopic (exact) mass is 248 g/mol. The highest BCUT2D eigenvalue weighted by atomic mass is 19.3. The van der Waals surface area contributed by atoms with Crippen LogP contribution in [0, 0.1) is 0 Å². The van der Waals surface area contributed by atoms with Gasteiger partial charge in [0.1, 0.15) is 0 Å². The Labute approximate surface area is 94.2 Å². The first-order valence-electron chi connectivity index (χ1n) is 4.52. The molecule has 0 heterocycles. The van der Waals surface area contributed by atoms with Gasteiger partial charge in [-0.3, -0.25) is 4.79 Å². The summed E-state index contributed by atoms with van der Waals surface area (Å²) in [4.78, 5) is 11.3. The number of rotatable bonds is 4. The standard InChI is InChI=1S/C11H8F4O2/c12-10(13)11(14,15)9(17)6-8(16)7-4-2-1-3-5-7/h1-6,10,17H/b9-6-. The molecule has 1 aromatic rings. The number of ketones is 1. The highest BCUT2D eigenvalue weighted by Crippen LogP contribution is 2.29. The van der Waals surface area contributed by atoms with Crippen LogP contribution in [0.4, 0.5) is 17.6 Å². The van der Waals surface area contributed by atoms with Crippen molar-refractivity contribution in [2.75, 3.05) is 0 Å². The zero-order valence-electron chi connectivity index (χ0n) is 8.41. The minimum absolute atomic E-state index is 0.0177. The fraction of sp³-hybridized carbons (Fsp3) is 0.182. The summed E-state index contributed by atoms with van der Waals surface area (Å²) >= 11 is 0. The minimum Gasteiger partial charge on any atom is -0.506 e. The van der Waals surface area contributed by atoms with Crippen molar-refractivity contribution >= 4 is 5.78 Å². The lowest BCUT2D eigenvalue weighted by molar-refractivity contribution is -0.121. The van der Waals surface area contributed by atoms with Crippen LogP contribution in [0.15, 0.2) is 42.2 Å². The number of carbonyl (C=O) groups is 1. The van der Waals surface area contributed by atoms with Crippen molar-refractivity contribution in [3.8, 4) is 0 Å². The van der Waals surface area contributed by atoms with E-state index in [4.69, 9.17) is 5.11 Å². The van der Waals surface area contributed by atoms with Crippen molar-refractivity contribution in [1.82, 2.24) is 0 Å². The van der Waals surface area contributed by atoms with Crippen molar-refractivity contribution in [2.24, 2.45) is 0 Å². The van der Waals surface area contributed by atoms with E-state index < -0.39 is 23.9 Å². The third-order valence-corrected chi connectivity index (χ3v) is 1.94. The van der Waals surface area contributed by atoms with E-state index in [1.165, 1.54) is 24.3 Å². The van der Waals surface area contributed by atoms with Crippen molar-refractivity contribution in [3.63, 3.8) is 0 Å². The molecule has 0 aliphatic carbocycles. The molecule has 0 unspecified atom stereocenters. The SMILES string of the molecule is O=C(/C=C(\O)C(F)(F)C(F)F)c1ccccc1. The summed E-state index contributed by atoms with van der Waals surface area (Å²) < 4.78 is 48.9. The molecule has 0 radical (unpaired) electrons. The molecule has 0 fully saturated rings. The van der Waals surface area contributed by atoms with E-state index in [1.807, 2.05) is 0 Å². The maximum atomic E-state index is 12.6. The minimum atomic E-state index is -4.72. The number of aliphatic hydroxyl groups is 1. The third kappa shape index (κ3) is 3.05. The molecule has 1 rings (SSSR count). The van der Waals surface area contributed by atoms with Crippen LogP contribution in [0.5, 0.6) is 0 Å². The number of benzene rings is 1. The Balaban J connectivity index is 2.94. The summed E-state index contributed by atoms with van der Waals surface area (Å²) in [6, 6.07) is 7.17. The van der Waals surface area contributed by atoms with Crippen LogP contribution in [0.3, 0.4) is 0 Å². The molecule has 0 saturated carbocycles.